The second-order valence-electron chi connectivity index (χ2n) is 4.28. The first kappa shape index (κ1) is 14.4. The fraction of sp³-hybridized carbons (Fsp3) is 0.188. The molecule has 0 spiro atoms. The maximum absolute atomic E-state index is 9.25. The van der Waals surface area contributed by atoms with Gasteiger partial charge in [-0.1, -0.05) is 12.1 Å². The Labute approximate surface area is 126 Å². The first-order valence-corrected chi connectivity index (χ1v) is 6.86. The fourth-order valence-electron chi connectivity index (χ4n) is 1.96. The smallest absolute Gasteiger partial charge is 0.134 e. The van der Waals surface area contributed by atoms with E-state index in [1.165, 1.54) is 0 Å². The van der Waals surface area contributed by atoms with Gasteiger partial charge in [0.2, 0.25) is 0 Å². The summed E-state index contributed by atoms with van der Waals surface area (Å²) in [7, 11) is 3.23. The number of hydrogen-bond donors (Lipinski definition) is 0. The zero-order valence-electron chi connectivity index (χ0n) is 11.3. The van der Waals surface area contributed by atoms with Crippen LogP contribution >= 0.6 is 15.9 Å². The van der Waals surface area contributed by atoms with Crippen LogP contribution in [0.2, 0.25) is 0 Å². The van der Waals surface area contributed by atoms with E-state index in [9.17, 15) is 5.26 Å². The zero-order valence-corrected chi connectivity index (χ0v) is 12.9. The minimum atomic E-state index is 0.626. The van der Waals surface area contributed by atoms with Gasteiger partial charge in [-0.25, -0.2) is 0 Å². The van der Waals surface area contributed by atoms with E-state index in [-0.39, 0.29) is 0 Å². The Morgan fingerprint density at radius 3 is 2.35 bits per heavy atom. The molecule has 0 radical (unpaired) electrons. The predicted octanol–water partition coefficient (Wildman–Crippen LogP) is 3.93. The molecule has 2 rings (SSSR count). The molecule has 0 atom stereocenters. The first-order valence-electron chi connectivity index (χ1n) is 6.07. The standard InChI is InChI=1S/C16H14BrNO2/c1-19-14-5-3-11(4-6-14)7-12-8-15(17)16(20-2)9-13(12)10-18/h3-6,8-9H,7H2,1-2H3. The maximum Gasteiger partial charge on any atom is 0.134 e. The maximum atomic E-state index is 9.25. The summed E-state index contributed by atoms with van der Waals surface area (Å²) in [5.74, 6) is 1.49. The number of nitriles is 1. The summed E-state index contributed by atoms with van der Waals surface area (Å²) < 4.78 is 11.2. The van der Waals surface area contributed by atoms with Crippen molar-refractivity contribution in [1.82, 2.24) is 0 Å². The van der Waals surface area contributed by atoms with Crippen molar-refractivity contribution in [2.75, 3.05) is 14.2 Å². The number of benzene rings is 2. The zero-order chi connectivity index (χ0) is 14.5. The van der Waals surface area contributed by atoms with Crippen molar-refractivity contribution in [3.8, 4) is 17.6 Å². The quantitative estimate of drug-likeness (QED) is 0.852. The van der Waals surface area contributed by atoms with Crippen LogP contribution in [0.5, 0.6) is 11.5 Å². The minimum Gasteiger partial charge on any atom is -0.497 e. The Morgan fingerprint density at radius 1 is 1.10 bits per heavy atom. The molecule has 0 saturated heterocycles. The monoisotopic (exact) mass is 331 g/mol. The van der Waals surface area contributed by atoms with Crippen molar-refractivity contribution in [1.29, 1.82) is 5.26 Å². The van der Waals surface area contributed by atoms with E-state index < -0.39 is 0 Å². The summed E-state index contributed by atoms with van der Waals surface area (Å²) in [6.45, 7) is 0. The third kappa shape index (κ3) is 3.12. The largest absolute Gasteiger partial charge is 0.497 e. The number of ether oxygens (including phenoxy) is 2. The SMILES string of the molecule is COc1ccc(Cc2cc(Br)c(OC)cc2C#N)cc1. The van der Waals surface area contributed by atoms with Gasteiger partial charge in [0.25, 0.3) is 0 Å². The Hall–Kier alpha value is -1.99. The van der Waals surface area contributed by atoms with Gasteiger partial charge in [0.1, 0.15) is 11.5 Å². The molecule has 4 heteroatoms. The number of methoxy groups -OCH3 is 2. The summed E-state index contributed by atoms with van der Waals surface area (Å²) in [6, 6.07) is 13.7. The lowest BCUT2D eigenvalue weighted by Gasteiger charge is -2.09. The van der Waals surface area contributed by atoms with E-state index in [2.05, 4.69) is 22.0 Å². The van der Waals surface area contributed by atoms with Crippen molar-refractivity contribution in [2.24, 2.45) is 0 Å². The first-order chi connectivity index (χ1) is 9.67. The van der Waals surface area contributed by atoms with Crippen LogP contribution in [0.25, 0.3) is 0 Å². The van der Waals surface area contributed by atoms with E-state index in [4.69, 9.17) is 9.47 Å². The lowest BCUT2D eigenvalue weighted by Crippen LogP contribution is -1.95. The molecule has 0 aliphatic carbocycles. The van der Waals surface area contributed by atoms with Crippen LogP contribution in [0.3, 0.4) is 0 Å². The molecule has 3 nitrogen and oxygen atoms in total. The van der Waals surface area contributed by atoms with Crippen LogP contribution < -0.4 is 9.47 Å². The summed E-state index contributed by atoms with van der Waals surface area (Å²) >= 11 is 3.45. The molecule has 0 fully saturated rings. The van der Waals surface area contributed by atoms with Gasteiger partial charge in [-0.15, -0.1) is 0 Å². The van der Waals surface area contributed by atoms with Crippen molar-refractivity contribution in [3.63, 3.8) is 0 Å². The third-order valence-electron chi connectivity index (χ3n) is 3.05. The highest BCUT2D eigenvalue weighted by atomic mass is 79.9. The fourth-order valence-corrected chi connectivity index (χ4v) is 2.52. The highest BCUT2D eigenvalue weighted by Crippen LogP contribution is 2.29. The van der Waals surface area contributed by atoms with E-state index in [1.54, 1.807) is 20.3 Å². The molecule has 102 valence electrons. The molecule has 0 unspecified atom stereocenters. The van der Waals surface area contributed by atoms with Crippen LogP contribution in [0.1, 0.15) is 16.7 Å². The average molecular weight is 332 g/mol. The molecular weight excluding hydrogens is 318 g/mol. The lowest BCUT2D eigenvalue weighted by atomic mass is 10.00. The van der Waals surface area contributed by atoms with E-state index in [1.807, 2.05) is 30.3 Å². The topological polar surface area (TPSA) is 42.2 Å². The Bertz CT molecular complexity index is 645. The molecule has 0 aliphatic rings. The average Bonchev–Trinajstić information content (AvgIpc) is 2.48. The number of rotatable bonds is 4. The Morgan fingerprint density at radius 2 is 1.80 bits per heavy atom. The van der Waals surface area contributed by atoms with Crippen molar-refractivity contribution >= 4 is 15.9 Å². The van der Waals surface area contributed by atoms with Gasteiger partial charge in [0.05, 0.1) is 30.3 Å². The highest BCUT2D eigenvalue weighted by molar-refractivity contribution is 9.10. The normalized spacial score (nSPS) is 9.90. The molecule has 20 heavy (non-hydrogen) atoms. The van der Waals surface area contributed by atoms with E-state index >= 15 is 0 Å². The van der Waals surface area contributed by atoms with Crippen LogP contribution in [0.4, 0.5) is 0 Å². The van der Waals surface area contributed by atoms with Gasteiger partial charge < -0.3 is 9.47 Å². The molecular formula is C16H14BrNO2. The summed E-state index contributed by atoms with van der Waals surface area (Å²) in [5, 5.41) is 9.25. The second-order valence-corrected chi connectivity index (χ2v) is 5.13. The molecule has 0 saturated carbocycles. The molecule has 0 aliphatic heterocycles. The molecule has 2 aromatic carbocycles. The summed E-state index contributed by atoms with van der Waals surface area (Å²) in [6.07, 6.45) is 0.690. The van der Waals surface area contributed by atoms with Crippen molar-refractivity contribution in [3.05, 3.63) is 57.6 Å². The lowest BCUT2D eigenvalue weighted by molar-refractivity contribution is 0.412. The molecule has 0 N–H and O–H groups in total. The molecule has 0 amide bonds. The second kappa shape index (κ2) is 6.44. The molecule has 0 bridgehead atoms. The molecule has 0 aromatic heterocycles. The van der Waals surface area contributed by atoms with Crippen LogP contribution in [-0.2, 0) is 6.42 Å². The van der Waals surface area contributed by atoms with Gasteiger partial charge in [-0.2, -0.15) is 5.26 Å². The highest BCUT2D eigenvalue weighted by Gasteiger charge is 2.09. The van der Waals surface area contributed by atoms with Crippen LogP contribution in [0, 0.1) is 11.3 Å². The van der Waals surface area contributed by atoms with Gasteiger partial charge in [-0.3, -0.25) is 0 Å². The minimum absolute atomic E-state index is 0.626. The van der Waals surface area contributed by atoms with Gasteiger partial charge in [0, 0.05) is 0 Å². The molecule has 0 heterocycles. The number of halogens is 1. The number of nitrogens with zero attached hydrogens (tertiary/aromatic N) is 1. The molecule has 2 aromatic rings. The Balaban J connectivity index is 2.32. The van der Waals surface area contributed by atoms with E-state index in [0.717, 1.165) is 21.3 Å². The summed E-state index contributed by atoms with van der Waals surface area (Å²) in [4.78, 5) is 0. The van der Waals surface area contributed by atoms with Crippen molar-refractivity contribution < 1.29 is 9.47 Å². The van der Waals surface area contributed by atoms with Gasteiger partial charge in [-0.05, 0) is 57.7 Å². The third-order valence-corrected chi connectivity index (χ3v) is 3.67. The Kier molecular flexibility index (Phi) is 4.65. The summed E-state index contributed by atoms with van der Waals surface area (Å²) in [5.41, 5.74) is 2.71. The van der Waals surface area contributed by atoms with Crippen LogP contribution in [-0.4, -0.2) is 14.2 Å². The van der Waals surface area contributed by atoms with Gasteiger partial charge in [0.15, 0.2) is 0 Å². The van der Waals surface area contributed by atoms with E-state index in [0.29, 0.717) is 17.7 Å². The number of hydrogen-bond acceptors (Lipinski definition) is 3. The van der Waals surface area contributed by atoms with Crippen molar-refractivity contribution in [2.45, 2.75) is 6.42 Å². The van der Waals surface area contributed by atoms with Crippen LogP contribution in [0.15, 0.2) is 40.9 Å². The predicted molar refractivity (Wildman–Crippen MR) is 81.2 cm³/mol. The van der Waals surface area contributed by atoms with Gasteiger partial charge >= 0.3 is 0 Å².